The molecule has 0 radical (unpaired) electrons. The molecule has 1 heterocycles. The summed E-state index contributed by atoms with van der Waals surface area (Å²) >= 11 is 1.76. The van der Waals surface area contributed by atoms with Gasteiger partial charge in [-0.05, 0) is 56.6 Å². The Labute approximate surface area is 124 Å². The van der Waals surface area contributed by atoms with Crippen LogP contribution in [0.3, 0.4) is 0 Å². The van der Waals surface area contributed by atoms with Crippen LogP contribution in [0.15, 0.2) is 5.38 Å². The Balaban J connectivity index is 1.71. The predicted octanol–water partition coefficient (Wildman–Crippen LogP) is 2.87. The highest BCUT2D eigenvalue weighted by Gasteiger charge is 2.27. The molecule has 0 saturated heterocycles. The molecular weight excluding hydrogens is 268 g/mol. The monoisotopic (exact) mass is 292 g/mol. The fourth-order valence-corrected chi connectivity index (χ4v) is 4.74. The van der Waals surface area contributed by atoms with E-state index in [0.29, 0.717) is 12.5 Å². The molecule has 0 aromatic carbocycles. The number of amides is 1. The van der Waals surface area contributed by atoms with E-state index in [0.717, 1.165) is 31.2 Å². The van der Waals surface area contributed by atoms with Gasteiger partial charge in [0.15, 0.2) is 0 Å². The standard InChI is InChI=1S/C16H24N2OS/c17-9-11-5-1-3-7-14(11)18-16(19)13-10-20-15-8-4-2-6-12(13)15/h10-11,14H,1-9,17H2,(H,18,19). The van der Waals surface area contributed by atoms with E-state index >= 15 is 0 Å². The fraction of sp³-hybridized carbons (Fsp3) is 0.688. The Morgan fingerprint density at radius 1 is 1.25 bits per heavy atom. The highest BCUT2D eigenvalue weighted by Crippen LogP contribution is 2.31. The number of nitrogens with two attached hydrogens (primary N) is 1. The molecule has 4 heteroatoms. The topological polar surface area (TPSA) is 55.1 Å². The van der Waals surface area contributed by atoms with Crippen molar-refractivity contribution in [2.24, 2.45) is 11.7 Å². The summed E-state index contributed by atoms with van der Waals surface area (Å²) in [5.74, 6) is 0.594. The normalized spacial score (nSPS) is 26.1. The zero-order valence-corrected chi connectivity index (χ0v) is 12.8. The minimum atomic E-state index is 0.134. The number of carbonyl (C=O) groups excluding carboxylic acids is 1. The lowest BCUT2D eigenvalue weighted by atomic mass is 9.84. The Bertz CT molecular complexity index is 483. The van der Waals surface area contributed by atoms with E-state index in [-0.39, 0.29) is 11.9 Å². The molecular formula is C16H24N2OS. The smallest absolute Gasteiger partial charge is 0.252 e. The van der Waals surface area contributed by atoms with Crippen LogP contribution in [0, 0.1) is 5.92 Å². The molecule has 0 spiro atoms. The number of nitrogens with one attached hydrogen (secondary N) is 1. The number of rotatable bonds is 3. The highest BCUT2D eigenvalue weighted by molar-refractivity contribution is 7.10. The lowest BCUT2D eigenvalue weighted by molar-refractivity contribution is 0.0907. The molecule has 3 rings (SSSR count). The Hall–Kier alpha value is -0.870. The Morgan fingerprint density at radius 3 is 2.90 bits per heavy atom. The van der Waals surface area contributed by atoms with Crippen molar-refractivity contribution in [1.29, 1.82) is 0 Å². The van der Waals surface area contributed by atoms with Crippen LogP contribution in [-0.4, -0.2) is 18.5 Å². The summed E-state index contributed by atoms with van der Waals surface area (Å²) in [5.41, 5.74) is 8.10. The molecule has 0 aliphatic heterocycles. The van der Waals surface area contributed by atoms with Gasteiger partial charge in [0.25, 0.3) is 5.91 Å². The SMILES string of the molecule is NCC1CCCCC1NC(=O)c1csc2c1CCCC2. The summed E-state index contributed by atoms with van der Waals surface area (Å²) < 4.78 is 0. The minimum absolute atomic E-state index is 0.134. The fourth-order valence-electron chi connectivity index (χ4n) is 3.61. The van der Waals surface area contributed by atoms with E-state index in [1.54, 1.807) is 11.3 Å². The second-order valence-corrected chi connectivity index (χ2v) is 7.08. The van der Waals surface area contributed by atoms with Crippen molar-refractivity contribution in [3.05, 3.63) is 21.4 Å². The van der Waals surface area contributed by atoms with Gasteiger partial charge < -0.3 is 11.1 Å². The number of hydrogen-bond acceptors (Lipinski definition) is 3. The van der Waals surface area contributed by atoms with Gasteiger partial charge in [0.1, 0.15) is 0 Å². The van der Waals surface area contributed by atoms with Gasteiger partial charge in [-0.15, -0.1) is 11.3 Å². The van der Waals surface area contributed by atoms with Gasteiger partial charge in [0.05, 0.1) is 5.56 Å². The van der Waals surface area contributed by atoms with Crippen LogP contribution in [0.1, 0.15) is 59.3 Å². The maximum Gasteiger partial charge on any atom is 0.252 e. The van der Waals surface area contributed by atoms with Crippen molar-refractivity contribution < 1.29 is 4.79 Å². The number of fused-ring (bicyclic) bond motifs is 1. The van der Waals surface area contributed by atoms with Gasteiger partial charge in [0.2, 0.25) is 0 Å². The maximum absolute atomic E-state index is 12.6. The summed E-state index contributed by atoms with van der Waals surface area (Å²) in [5, 5.41) is 5.32. The average molecular weight is 292 g/mol. The van der Waals surface area contributed by atoms with E-state index < -0.39 is 0 Å². The summed E-state index contributed by atoms with van der Waals surface area (Å²) in [6.07, 6.45) is 9.43. The van der Waals surface area contributed by atoms with Crippen LogP contribution >= 0.6 is 11.3 Å². The van der Waals surface area contributed by atoms with E-state index in [4.69, 9.17) is 5.73 Å². The largest absolute Gasteiger partial charge is 0.349 e. The molecule has 2 aliphatic rings. The molecule has 1 aromatic heterocycles. The van der Waals surface area contributed by atoms with Crippen LogP contribution < -0.4 is 11.1 Å². The summed E-state index contributed by atoms with van der Waals surface area (Å²) in [6, 6.07) is 0.278. The van der Waals surface area contributed by atoms with E-state index in [9.17, 15) is 4.79 Å². The summed E-state index contributed by atoms with van der Waals surface area (Å²) in [7, 11) is 0. The first-order chi connectivity index (χ1) is 9.79. The third-order valence-corrected chi connectivity index (χ3v) is 5.92. The van der Waals surface area contributed by atoms with Gasteiger partial charge in [-0.25, -0.2) is 0 Å². The van der Waals surface area contributed by atoms with Crippen LogP contribution in [-0.2, 0) is 12.8 Å². The van der Waals surface area contributed by atoms with E-state index in [1.165, 1.54) is 36.1 Å². The number of thiophene rings is 1. The van der Waals surface area contributed by atoms with Crippen LogP contribution in [0.4, 0.5) is 0 Å². The zero-order chi connectivity index (χ0) is 13.9. The molecule has 20 heavy (non-hydrogen) atoms. The maximum atomic E-state index is 12.6. The molecule has 2 atom stereocenters. The van der Waals surface area contributed by atoms with E-state index in [2.05, 4.69) is 10.7 Å². The molecule has 0 bridgehead atoms. The quantitative estimate of drug-likeness (QED) is 0.900. The van der Waals surface area contributed by atoms with Crippen molar-refractivity contribution in [1.82, 2.24) is 5.32 Å². The third kappa shape index (κ3) is 2.77. The lowest BCUT2D eigenvalue weighted by Crippen LogP contribution is -2.44. The molecule has 3 nitrogen and oxygen atoms in total. The Kier molecular flexibility index (Phi) is 4.41. The van der Waals surface area contributed by atoms with Crippen LogP contribution in [0.2, 0.25) is 0 Å². The molecule has 110 valence electrons. The zero-order valence-electron chi connectivity index (χ0n) is 12.0. The van der Waals surface area contributed by atoms with Crippen LogP contribution in [0.5, 0.6) is 0 Å². The van der Waals surface area contributed by atoms with Gasteiger partial charge >= 0.3 is 0 Å². The van der Waals surface area contributed by atoms with Gasteiger partial charge in [-0.2, -0.15) is 0 Å². The number of carbonyl (C=O) groups is 1. The first kappa shape index (κ1) is 14.1. The van der Waals surface area contributed by atoms with Gasteiger partial charge in [-0.3, -0.25) is 4.79 Å². The lowest BCUT2D eigenvalue weighted by Gasteiger charge is -2.31. The summed E-state index contributed by atoms with van der Waals surface area (Å²) in [4.78, 5) is 14.0. The van der Waals surface area contributed by atoms with Gasteiger partial charge in [0, 0.05) is 16.3 Å². The molecule has 1 saturated carbocycles. The van der Waals surface area contributed by atoms with Crippen molar-refractivity contribution >= 4 is 17.2 Å². The van der Waals surface area contributed by atoms with Gasteiger partial charge in [-0.1, -0.05) is 12.8 Å². The second kappa shape index (κ2) is 6.27. The molecule has 1 amide bonds. The van der Waals surface area contributed by atoms with E-state index in [1.807, 2.05) is 0 Å². The second-order valence-electron chi connectivity index (χ2n) is 6.12. The first-order valence-electron chi connectivity index (χ1n) is 7.89. The highest BCUT2D eigenvalue weighted by atomic mass is 32.1. The van der Waals surface area contributed by atoms with Crippen molar-refractivity contribution in [3.63, 3.8) is 0 Å². The van der Waals surface area contributed by atoms with Crippen molar-refractivity contribution in [2.75, 3.05) is 6.54 Å². The number of hydrogen-bond donors (Lipinski definition) is 2. The van der Waals surface area contributed by atoms with Crippen molar-refractivity contribution in [2.45, 2.75) is 57.4 Å². The minimum Gasteiger partial charge on any atom is -0.349 e. The molecule has 2 aliphatic carbocycles. The van der Waals surface area contributed by atoms with Crippen LogP contribution in [0.25, 0.3) is 0 Å². The first-order valence-corrected chi connectivity index (χ1v) is 8.77. The molecule has 2 unspecified atom stereocenters. The summed E-state index contributed by atoms with van der Waals surface area (Å²) in [6.45, 7) is 0.687. The molecule has 1 aromatic rings. The third-order valence-electron chi connectivity index (χ3n) is 4.83. The predicted molar refractivity (Wildman–Crippen MR) is 83.2 cm³/mol. The average Bonchev–Trinajstić information content (AvgIpc) is 2.92. The molecule has 3 N–H and O–H groups in total. The molecule has 1 fully saturated rings. The Morgan fingerprint density at radius 2 is 2.05 bits per heavy atom. The van der Waals surface area contributed by atoms with Crippen molar-refractivity contribution in [3.8, 4) is 0 Å². The number of aryl methyl sites for hydroxylation is 1.